The molecule has 0 bridgehead atoms. The molecule has 0 aromatic heterocycles. The summed E-state index contributed by atoms with van der Waals surface area (Å²) in [6.45, 7) is 0.349. The van der Waals surface area contributed by atoms with Gasteiger partial charge in [0, 0.05) is 0 Å². The number of carboxylic acid groups (broad SMARTS) is 1. The standard InChI is InChI=1S/C14H15F2NO4/c1-14(2)9(10(14)12(19)20)11(18)17-7-5-3-4-6-8(7)21-13(15)16/h3-6,9-10,13H,1-2H3,(H,17,18)(H,19,20). The molecule has 1 aromatic rings. The highest BCUT2D eigenvalue weighted by atomic mass is 19.3. The number of rotatable bonds is 5. The number of para-hydroxylation sites is 2. The van der Waals surface area contributed by atoms with Gasteiger partial charge in [-0.05, 0) is 17.5 Å². The molecule has 1 saturated carbocycles. The smallest absolute Gasteiger partial charge is 0.387 e. The Labute approximate surface area is 119 Å². The number of carbonyl (C=O) groups excluding carboxylic acids is 1. The lowest BCUT2D eigenvalue weighted by Crippen LogP contribution is -2.18. The van der Waals surface area contributed by atoms with Crippen LogP contribution in [0.25, 0.3) is 0 Å². The van der Waals surface area contributed by atoms with E-state index in [-0.39, 0.29) is 11.4 Å². The summed E-state index contributed by atoms with van der Waals surface area (Å²) in [4.78, 5) is 23.2. The van der Waals surface area contributed by atoms with Crippen LogP contribution in [-0.2, 0) is 9.59 Å². The number of ether oxygens (including phenoxy) is 1. The molecule has 1 aliphatic rings. The van der Waals surface area contributed by atoms with Crippen LogP contribution in [0.15, 0.2) is 24.3 Å². The van der Waals surface area contributed by atoms with Crippen molar-refractivity contribution in [1.29, 1.82) is 0 Å². The molecule has 21 heavy (non-hydrogen) atoms. The van der Waals surface area contributed by atoms with E-state index in [0.29, 0.717) is 0 Å². The molecule has 0 radical (unpaired) electrons. The van der Waals surface area contributed by atoms with Crippen molar-refractivity contribution in [3.05, 3.63) is 24.3 Å². The van der Waals surface area contributed by atoms with Gasteiger partial charge in [0.1, 0.15) is 5.75 Å². The zero-order valence-corrected chi connectivity index (χ0v) is 11.5. The summed E-state index contributed by atoms with van der Waals surface area (Å²) < 4.78 is 28.9. The van der Waals surface area contributed by atoms with Gasteiger partial charge in [-0.1, -0.05) is 26.0 Å². The number of carboxylic acids is 1. The van der Waals surface area contributed by atoms with E-state index >= 15 is 0 Å². The molecule has 0 saturated heterocycles. The molecule has 1 amide bonds. The summed E-state index contributed by atoms with van der Waals surface area (Å²) >= 11 is 0. The molecule has 114 valence electrons. The average molecular weight is 299 g/mol. The highest BCUT2D eigenvalue weighted by molar-refractivity contribution is 6.00. The van der Waals surface area contributed by atoms with E-state index in [1.54, 1.807) is 19.9 Å². The maximum Gasteiger partial charge on any atom is 0.387 e. The normalized spacial score (nSPS) is 22.7. The molecule has 1 aromatic carbocycles. The molecule has 2 N–H and O–H groups in total. The fourth-order valence-corrected chi connectivity index (χ4v) is 2.57. The van der Waals surface area contributed by atoms with Crippen molar-refractivity contribution in [2.24, 2.45) is 17.3 Å². The topological polar surface area (TPSA) is 75.6 Å². The molecule has 0 heterocycles. The molecular formula is C14H15F2NO4. The zero-order valence-electron chi connectivity index (χ0n) is 11.5. The fraction of sp³-hybridized carbons (Fsp3) is 0.429. The van der Waals surface area contributed by atoms with E-state index in [1.165, 1.54) is 18.2 Å². The van der Waals surface area contributed by atoms with Crippen LogP contribution in [0.1, 0.15) is 13.8 Å². The van der Waals surface area contributed by atoms with E-state index in [4.69, 9.17) is 5.11 Å². The predicted molar refractivity (Wildman–Crippen MR) is 70.1 cm³/mol. The highest BCUT2D eigenvalue weighted by Gasteiger charge is 2.65. The predicted octanol–water partition coefficient (Wildman–Crippen LogP) is 2.58. The number of halogens is 2. The van der Waals surface area contributed by atoms with Crippen molar-refractivity contribution in [2.75, 3.05) is 5.32 Å². The average Bonchev–Trinajstić information content (AvgIpc) is 2.94. The van der Waals surface area contributed by atoms with Crippen LogP contribution in [0.2, 0.25) is 0 Å². The molecule has 0 spiro atoms. The number of anilines is 1. The Morgan fingerprint density at radius 2 is 1.90 bits per heavy atom. The van der Waals surface area contributed by atoms with Gasteiger partial charge in [0.2, 0.25) is 5.91 Å². The summed E-state index contributed by atoms with van der Waals surface area (Å²) in [5.41, 5.74) is -0.566. The maximum atomic E-state index is 12.3. The lowest BCUT2D eigenvalue weighted by molar-refractivity contribution is -0.140. The third-order valence-corrected chi connectivity index (χ3v) is 3.74. The third kappa shape index (κ3) is 2.96. The fourth-order valence-electron chi connectivity index (χ4n) is 2.57. The number of alkyl halides is 2. The van der Waals surface area contributed by atoms with Gasteiger partial charge in [-0.2, -0.15) is 8.78 Å². The Morgan fingerprint density at radius 3 is 2.43 bits per heavy atom. The number of hydrogen-bond donors (Lipinski definition) is 2. The monoisotopic (exact) mass is 299 g/mol. The lowest BCUT2D eigenvalue weighted by atomic mass is 10.1. The third-order valence-electron chi connectivity index (χ3n) is 3.74. The van der Waals surface area contributed by atoms with Crippen LogP contribution in [0, 0.1) is 17.3 Å². The first-order valence-electron chi connectivity index (χ1n) is 6.32. The van der Waals surface area contributed by atoms with Gasteiger partial charge < -0.3 is 15.2 Å². The molecule has 2 rings (SSSR count). The Morgan fingerprint density at radius 1 is 1.29 bits per heavy atom. The van der Waals surface area contributed by atoms with Crippen LogP contribution >= 0.6 is 0 Å². The summed E-state index contributed by atoms with van der Waals surface area (Å²) in [6.07, 6.45) is 0. The van der Waals surface area contributed by atoms with E-state index in [0.717, 1.165) is 0 Å². The zero-order chi connectivity index (χ0) is 15.8. The maximum absolute atomic E-state index is 12.3. The van der Waals surface area contributed by atoms with Crippen molar-refractivity contribution in [3.63, 3.8) is 0 Å². The summed E-state index contributed by atoms with van der Waals surface area (Å²) in [5.74, 6) is -3.20. The molecular weight excluding hydrogens is 284 g/mol. The van der Waals surface area contributed by atoms with Crippen molar-refractivity contribution in [1.82, 2.24) is 0 Å². The molecule has 2 atom stereocenters. The Balaban J connectivity index is 2.13. The van der Waals surface area contributed by atoms with E-state index in [9.17, 15) is 18.4 Å². The quantitative estimate of drug-likeness (QED) is 0.876. The SMILES string of the molecule is CC1(C)C(C(=O)O)C1C(=O)Nc1ccccc1OC(F)F. The number of hydrogen-bond acceptors (Lipinski definition) is 3. The first-order chi connectivity index (χ1) is 9.75. The van der Waals surface area contributed by atoms with E-state index in [2.05, 4.69) is 10.1 Å². The van der Waals surface area contributed by atoms with Crippen molar-refractivity contribution in [2.45, 2.75) is 20.5 Å². The number of nitrogens with one attached hydrogen (secondary N) is 1. The van der Waals surface area contributed by atoms with E-state index in [1.807, 2.05) is 0 Å². The molecule has 2 unspecified atom stereocenters. The highest BCUT2D eigenvalue weighted by Crippen LogP contribution is 2.58. The van der Waals surface area contributed by atoms with Crippen molar-refractivity contribution < 1.29 is 28.2 Å². The molecule has 1 fully saturated rings. The van der Waals surface area contributed by atoms with Gasteiger partial charge >= 0.3 is 12.6 Å². The second-order valence-corrected chi connectivity index (χ2v) is 5.48. The Kier molecular flexibility index (Phi) is 3.85. The van der Waals surface area contributed by atoms with Gasteiger partial charge in [-0.15, -0.1) is 0 Å². The molecule has 0 aliphatic heterocycles. The minimum absolute atomic E-state index is 0.0923. The first-order valence-corrected chi connectivity index (χ1v) is 6.32. The lowest BCUT2D eigenvalue weighted by Gasteiger charge is -2.12. The number of carbonyl (C=O) groups is 2. The van der Waals surface area contributed by atoms with E-state index < -0.39 is 35.7 Å². The number of amides is 1. The minimum atomic E-state index is -3.01. The Hall–Kier alpha value is -2.18. The largest absolute Gasteiger partial charge is 0.481 e. The van der Waals surface area contributed by atoms with Crippen molar-refractivity contribution >= 4 is 17.6 Å². The van der Waals surface area contributed by atoms with Gasteiger partial charge in [-0.25, -0.2) is 0 Å². The molecule has 5 nitrogen and oxygen atoms in total. The summed E-state index contributed by atoms with van der Waals surface area (Å²) in [7, 11) is 0. The molecule has 7 heteroatoms. The van der Waals surface area contributed by atoms with Gasteiger partial charge in [0.05, 0.1) is 17.5 Å². The Bertz CT molecular complexity index is 574. The number of aliphatic carboxylic acids is 1. The summed E-state index contributed by atoms with van der Waals surface area (Å²) in [5, 5.41) is 11.5. The first kappa shape index (κ1) is 15.2. The summed E-state index contributed by atoms with van der Waals surface area (Å²) in [6, 6.07) is 5.77. The second kappa shape index (κ2) is 5.31. The number of benzene rings is 1. The molecule has 1 aliphatic carbocycles. The van der Waals surface area contributed by atoms with Gasteiger partial charge in [-0.3, -0.25) is 9.59 Å². The van der Waals surface area contributed by atoms with Crippen molar-refractivity contribution in [3.8, 4) is 5.75 Å². The van der Waals surface area contributed by atoms with Crippen LogP contribution in [0.4, 0.5) is 14.5 Å². The van der Waals surface area contributed by atoms with Crippen LogP contribution < -0.4 is 10.1 Å². The minimum Gasteiger partial charge on any atom is -0.481 e. The van der Waals surface area contributed by atoms with Crippen LogP contribution in [0.3, 0.4) is 0 Å². The van der Waals surface area contributed by atoms with Crippen LogP contribution in [0.5, 0.6) is 5.75 Å². The second-order valence-electron chi connectivity index (χ2n) is 5.48. The van der Waals surface area contributed by atoms with Gasteiger partial charge in [0.15, 0.2) is 0 Å². The van der Waals surface area contributed by atoms with Crippen LogP contribution in [-0.4, -0.2) is 23.6 Å². The van der Waals surface area contributed by atoms with Gasteiger partial charge in [0.25, 0.3) is 0 Å².